The van der Waals surface area contributed by atoms with Crippen LogP contribution in [0.2, 0.25) is 0 Å². The zero-order valence-corrected chi connectivity index (χ0v) is 24.0. The van der Waals surface area contributed by atoms with Crippen LogP contribution >= 0.6 is 0 Å². The highest BCUT2D eigenvalue weighted by atomic mass is 15.4. The lowest BCUT2D eigenvalue weighted by Crippen LogP contribution is -2.36. The van der Waals surface area contributed by atoms with Gasteiger partial charge >= 0.3 is 0 Å². The van der Waals surface area contributed by atoms with Crippen molar-refractivity contribution in [1.82, 2.24) is 9.80 Å². The molecule has 0 aliphatic carbocycles. The number of hydrogen-bond donors (Lipinski definition) is 0. The molecule has 202 valence electrons. The molecular formula is C32H64N2. The van der Waals surface area contributed by atoms with Gasteiger partial charge in [-0.15, -0.1) is 0 Å². The lowest BCUT2D eigenvalue weighted by molar-refractivity contribution is 0.165. The Labute approximate surface area is 216 Å². The van der Waals surface area contributed by atoms with Crippen molar-refractivity contribution < 1.29 is 0 Å². The number of nitrogens with zero attached hydrogens (tertiary/aromatic N) is 2. The molecule has 0 fully saturated rings. The Kier molecular flexibility index (Phi) is 22.2. The molecule has 1 heterocycles. The molecule has 0 saturated carbocycles. The van der Waals surface area contributed by atoms with Crippen molar-refractivity contribution in [3.05, 3.63) is 12.4 Å². The molecule has 2 nitrogen and oxygen atoms in total. The van der Waals surface area contributed by atoms with Gasteiger partial charge in [-0.25, -0.2) is 0 Å². The van der Waals surface area contributed by atoms with E-state index in [1.165, 1.54) is 167 Å². The van der Waals surface area contributed by atoms with Crippen molar-refractivity contribution in [1.29, 1.82) is 0 Å². The molecule has 0 amide bonds. The summed E-state index contributed by atoms with van der Waals surface area (Å²) in [5.41, 5.74) is 0. The van der Waals surface area contributed by atoms with Gasteiger partial charge in [0.05, 0.1) is 6.17 Å². The van der Waals surface area contributed by atoms with Crippen LogP contribution in [-0.2, 0) is 0 Å². The first-order valence-corrected chi connectivity index (χ1v) is 16.0. The zero-order valence-electron chi connectivity index (χ0n) is 24.0. The van der Waals surface area contributed by atoms with Crippen LogP contribution in [0.15, 0.2) is 12.4 Å². The molecule has 0 aromatic rings. The van der Waals surface area contributed by atoms with Gasteiger partial charge in [-0.3, -0.25) is 0 Å². The van der Waals surface area contributed by atoms with E-state index in [1.807, 2.05) is 0 Å². The van der Waals surface area contributed by atoms with Crippen LogP contribution in [0.25, 0.3) is 0 Å². The highest BCUT2D eigenvalue weighted by Gasteiger charge is 2.20. The molecular weight excluding hydrogens is 412 g/mol. The molecule has 0 radical (unpaired) electrons. The fourth-order valence-electron chi connectivity index (χ4n) is 5.40. The van der Waals surface area contributed by atoms with Gasteiger partial charge < -0.3 is 9.80 Å². The summed E-state index contributed by atoms with van der Waals surface area (Å²) in [5, 5.41) is 0. The van der Waals surface area contributed by atoms with E-state index in [9.17, 15) is 0 Å². The van der Waals surface area contributed by atoms with Gasteiger partial charge in [0.25, 0.3) is 0 Å². The summed E-state index contributed by atoms with van der Waals surface area (Å²) in [4.78, 5) is 5.13. The van der Waals surface area contributed by atoms with E-state index in [0.717, 1.165) is 0 Å². The molecule has 0 aromatic heterocycles. The third-order valence-electron chi connectivity index (χ3n) is 7.95. The Balaban J connectivity index is 1.85. The van der Waals surface area contributed by atoms with Crippen LogP contribution in [0.1, 0.15) is 175 Å². The minimum Gasteiger partial charge on any atom is -0.356 e. The summed E-state index contributed by atoms with van der Waals surface area (Å²) in [5.74, 6) is 0. The fraction of sp³-hybridized carbons (Fsp3) is 0.938. The van der Waals surface area contributed by atoms with Gasteiger partial charge in [0, 0.05) is 25.5 Å². The Morgan fingerprint density at radius 2 is 0.618 bits per heavy atom. The Morgan fingerprint density at radius 3 is 0.882 bits per heavy atom. The topological polar surface area (TPSA) is 6.48 Å². The van der Waals surface area contributed by atoms with Gasteiger partial charge in [0.15, 0.2) is 0 Å². The number of hydrogen-bond acceptors (Lipinski definition) is 2. The largest absolute Gasteiger partial charge is 0.356 e. The maximum absolute atomic E-state index is 2.57. The first-order valence-electron chi connectivity index (χ1n) is 16.0. The smallest absolute Gasteiger partial charge is 0.0977 e. The summed E-state index contributed by atoms with van der Waals surface area (Å²) in [7, 11) is 0. The maximum atomic E-state index is 2.57. The quantitative estimate of drug-likeness (QED) is 0.114. The third kappa shape index (κ3) is 17.7. The molecule has 0 bridgehead atoms. The summed E-state index contributed by atoms with van der Waals surface area (Å²) in [6.45, 7) is 9.48. The molecule has 0 atom stereocenters. The number of rotatable bonds is 26. The predicted octanol–water partition coefficient (Wildman–Crippen LogP) is 10.8. The van der Waals surface area contributed by atoms with E-state index in [4.69, 9.17) is 0 Å². The Bertz CT molecular complexity index is 395. The summed E-state index contributed by atoms with van der Waals surface area (Å²) >= 11 is 0. The molecule has 1 aliphatic heterocycles. The summed E-state index contributed by atoms with van der Waals surface area (Å²) < 4.78 is 0. The zero-order chi connectivity index (χ0) is 24.5. The van der Waals surface area contributed by atoms with Crippen molar-refractivity contribution in [3.8, 4) is 0 Å². The molecule has 2 heteroatoms. The Hall–Kier alpha value is -0.660. The monoisotopic (exact) mass is 477 g/mol. The van der Waals surface area contributed by atoms with Crippen molar-refractivity contribution >= 4 is 0 Å². The van der Waals surface area contributed by atoms with E-state index in [2.05, 4.69) is 43.0 Å². The molecule has 0 aromatic carbocycles. The summed E-state index contributed by atoms with van der Waals surface area (Å²) in [6, 6.07) is 0. The molecule has 0 saturated heterocycles. The SMILES string of the molecule is CCCCCCCCCCCCCCN1C=CN(CCCCCCCCCCCCCC)C1C. The van der Waals surface area contributed by atoms with Crippen molar-refractivity contribution in [3.63, 3.8) is 0 Å². The van der Waals surface area contributed by atoms with Crippen LogP contribution in [0.3, 0.4) is 0 Å². The van der Waals surface area contributed by atoms with Gasteiger partial charge in [0.2, 0.25) is 0 Å². The molecule has 0 unspecified atom stereocenters. The minimum absolute atomic E-state index is 0.570. The molecule has 34 heavy (non-hydrogen) atoms. The fourth-order valence-corrected chi connectivity index (χ4v) is 5.40. The predicted molar refractivity (Wildman–Crippen MR) is 154 cm³/mol. The van der Waals surface area contributed by atoms with Crippen LogP contribution in [0.5, 0.6) is 0 Å². The van der Waals surface area contributed by atoms with Crippen molar-refractivity contribution in [2.75, 3.05) is 13.1 Å². The lowest BCUT2D eigenvalue weighted by atomic mass is 10.1. The van der Waals surface area contributed by atoms with Crippen molar-refractivity contribution in [2.24, 2.45) is 0 Å². The second kappa shape index (κ2) is 24.1. The second-order valence-corrected chi connectivity index (χ2v) is 11.2. The lowest BCUT2D eigenvalue weighted by Gasteiger charge is -2.30. The van der Waals surface area contributed by atoms with Gasteiger partial charge in [-0.2, -0.15) is 0 Å². The normalized spacial score (nSPS) is 14.1. The molecule has 0 N–H and O–H groups in total. The average molecular weight is 477 g/mol. The first-order chi connectivity index (χ1) is 16.8. The number of unbranched alkanes of at least 4 members (excludes halogenated alkanes) is 22. The van der Waals surface area contributed by atoms with Crippen LogP contribution in [0.4, 0.5) is 0 Å². The van der Waals surface area contributed by atoms with Crippen LogP contribution in [-0.4, -0.2) is 29.1 Å². The Morgan fingerprint density at radius 1 is 0.382 bits per heavy atom. The van der Waals surface area contributed by atoms with Gasteiger partial charge in [-0.05, 0) is 19.8 Å². The van der Waals surface area contributed by atoms with E-state index in [0.29, 0.717) is 6.17 Å². The van der Waals surface area contributed by atoms with E-state index >= 15 is 0 Å². The third-order valence-corrected chi connectivity index (χ3v) is 7.95. The molecule has 1 aliphatic rings. The minimum atomic E-state index is 0.570. The van der Waals surface area contributed by atoms with E-state index in [1.54, 1.807) is 0 Å². The second-order valence-electron chi connectivity index (χ2n) is 11.2. The van der Waals surface area contributed by atoms with E-state index < -0.39 is 0 Å². The average Bonchev–Trinajstić information content (AvgIpc) is 3.19. The molecule has 0 spiro atoms. The van der Waals surface area contributed by atoms with E-state index in [-0.39, 0.29) is 0 Å². The first kappa shape index (κ1) is 31.4. The summed E-state index contributed by atoms with van der Waals surface area (Å²) in [6.07, 6.45) is 39.7. The van der Waals surface area contributed by atoms with Gasteiger partial charge in [0.1, 0.15) is 0 Å². The molecule has 1 rings (SSSR count). The maximum Gasteiger partial charge on any atom is 0.0977 e. The van der Waals surface area contributed by atoms with Crippen LogP contribution < -0.4 is 0 Å². The highest BCUT2D eigenvalue weighted by Crippen LogP contribution is 2.19. The van der Waals surface area contributed by atoms with Gasteiger partial charge in [-0.1, -0.05) is 155 Å². The van der Waals surface area contributed by atoms with Crippen molar-refractivity contribution in [2.45, 2.75) is 181 Å². The van der Waals surface area contributed by atoms with Crippen LogP contribution in [0, 0.1) is 0 Å². The standard InChI is InChI=1S/C32H64N2/c1-4-6-8-10-12-14-16-18-20-22-24-26-28-33-30-31-34(32(33)3)29-27-25-23-21-19-17-15-13-11-9-7-5-2/h30-32H,4-29H2,1-3H3. The highest BCUT2D eigenvalue weighted by molar-refractivity contribution is 4.95.